The van der Waals surface area contributed by atoms with Gasteiger partial charge in [-0.05, 0) is 63.5 Å². The molecule has 3 aromatic rings. The second-order valence-electron chi connectivity index (χ2n) is 10.6. The average Bonchev–Trinajstić information content (AvgIpc) is 3.23. The number of carbonyl (C=O) groups excluding carboxylic acids is 1. The molecule has 1 amide bonds. The number of amides is 1. The fourth-order valence-electron chi connectivity index (χ4n) is 5.49. The number of nitrogens with two attached hydrogens (primary N) is 1. The van der Waals surface area contributed by atoms with Crippen molar-refractivity contribution in [2.45, 2.75) is 76.5 Å². The molecule has 2 aliphatic rings. The van der Waals surface area contributed by atoms with Gasteiger partial charge in [-0.25, -0.2) is 9.97 Å². The Bertz CT molecular complexity index is 1390. The smallest absolute Gasteiger partial charge is 0.224 e. The van der Waals surface area contributed by atoms with Gasteiger partial charge in [0.15, 0.2) is 5.65 Å². The maximum atomic E-state index is 12.1. The van der Waals surface area contributed by atoms with Gasteiger partial charge in [0.25, 0.3) is 0 Å². The minimum absolute atomic E-state index is 0.00916. The van der Waals surface area contributed by atoms with Crippen molar-refractivity contribution in [2.24, 2.45) is 11.1 Å². The number of benzene rings is 1. The Labute approximate surface area is 230 Å². The van der Waals surface area contributed by atoms with Crippen LogP contribution < -0.4 is 16.4 Å². The second kappa shape index (κ2) is 10.6. The second-order valence-corrected chi connectivity index (χ2v) is 11.4. The minimum Gasteiger partial charge on any atom is -0.393 e. The van der Waals surface area contributed by atoms with Crippen molar-refractivity contribution in [3.63, 3.8) is 0 Å². The number of carbonyl (C=O) groups is 1. The van der Waals surface area contributed by atoms with Crippen molar-refractivity contribution >= 4 is 57.9 Å². The molecule has 2 aromatic heterocycles. The average molecular weight is 557 g/mol. The monoisotopic (exact) mass is 556 g/mol. The lowest BCUT2D eigenvalue weighted by Gasteiger charge is -2.35. The Morgan fingerprint density at radius 2 is 1.92 bits per heavy atom. The number of aliphatic hydroxyl groups excluding tert-OH is 1. The number of imidazole rings is 1. The number of aromatic nitrogens is 4. The fraction of sp³-hybridized carbons (Fsp3) is 0.500. The Balaban J connectivity index is 1.53. The van der Waals surface area contributed by atoms with Gasteiger partial charge in [0.1, 0.15) is 5.52 Å². The molecule has 0 aliphatic heterocycles. The molecule has 0 saturated heterocycles. The number of nitrogens with one attached hydrogen (secondary N) is 2. The highest BCUT2D eigenvalue weighted by Crippen LogP contribution is 2.43. The summed E-state index contributed by atoms with van der Waals surface area (Å²) >= 11 is 12.9. The summed E-state index contributed by atoms with van der Waals surface area (Å²) in [6.07, 6.45) is 7.38. The van der Waals surface area contributed by atoms with Crippen LogP contribution in [0, 0.1) is 16.7 Å². The SMILES string of the molecule is C[C@]1(C(N)=O)CC[C@H](n2c(Nc3c(Cl)cc(C#N)cc3Cl)nc3cnc(N[C@@H]4CCC[C@H](O)C4)nc32)CC1. The molecule has 2 heterocycles. The van der Waals surface area contributed by atoms with Crippen LogP contribution in [0.4, 0.5) is 17.6 Å². The molecule has 1 aromatic carbocycles. The van der Waals surface area contributed by atoms with Gasteiger partial charge in [-0.2, -0.15) is 10.2 Å². The Hall–Kier alpha value is -3.13. The van der Waals surface area contributed by atoms with Gasteiger partial charge in [0.2, 0.25) is 17.8 Å². The molecule has 2 saturated carbocycles. The van der Waals surface area contributed by atoms with Gasteiger partial charge >= 0.3 is 0 Å². The van der Waals surface area contributed by atoms with Crippen molar-refractivity contribution in [1.29, 1.82) is 5.26 Å². The van der Waals surface area contributed by atoms with E-state index < -0.39 is 5.41 Å². The minimum atomic E-state index is -0.552. The van der Waals surface area contributed by atoms with E-state index in [9.17, 15) is 15.2 Å². The summed E-state index contributed by atoms with van der Waals surface area (Å²) in [7, 11) is 0. The molecule has 5 N–H and O–H groups in total. The third-order valence-corrected chi connectivity index (χ3v) is 8.44. The summed E-state index contributed by atoms with van der Waals surface area (Å²) in [4.78, 5) is 26.1. The molecule has 0 unspecified atom stereocenters. The van der Waals surface area contributed by atoms with Crippen LogP contribution >= 0.6 is 23.2 Å². The van der Waals surface area contributed by atoms with Crippen LogP contribution in [-0.4, -0.2) is 42.7 Å². The topological polar surface area (TPSA) is 155 Å². The summed E-state index contributed by atoms with van der Waals surface area (Å²) < 4.78 is 2.02. The van der Waals surface area contributed by atoms with E-state index in [2.05, 4.69) is 15.6 Å². The molecule has 2 fully saturated rings. The van der Waals surface area contributed by atoms with Crippen LogP contribution in [-0.2, 0) is 4.79 Å². The van der Waals surface area contributed by atoms with Crippen LogP contribution in [0.15, 0.2) is 18.3 Å². The first-order valence-corrected chi connectivity index (χ1v) is 13.6. The number of anilines is 3. The number of hydrogen-bond donors (Lipinski definition) is 4. The molecule has 2 atom stereocenters. The molecule has 0 spiro atoms. The van der Waals surface area contributed by atoms with Crippen LogP contribution in [0.3, 0.4) is 0 Å². The summed E-state index contributed by atoms with van der Waals surface area (Å²) in [5, 5.41) is 26.5. The first-order valence-electron chi connectivity index (χ1n) is 12.8. The largest absolute Gasteiger partial charge is 0.393 e. The van der Waals surface area contributed by atoms with E-state index in [0.717, 1.165) is 19.3 Å². The molecule has 0 bridgehead atoms. The van der Waals surface area contributed by atoms with Gasteiger partial charge in [0.05, 0.1) is 39.7 Å². The van der Waals surface area contributed by atoms with E-state index in [1.165, 1.54) is 0 Å². The zero-order valence-electron chi connectivity index (χ0n) is 21.0. The van der Waals surface area contributed by atoms with Crippen LogP contribution in [0.25, 0.3) is 11.2 Å². The lowest BCUT2D eigenvalue weighted by molar-refractivity contribution is -0.128. The summed E-state index contributed by atoms with van der Waals surface area (Å²) in [6, 6.07) is 5.22. The molecule has 2 aliphatic carbocycles. The molecule has 5 rings (SSSR count). The van der Waals surface area contributed by atoms with Crippen molar-refractivity contribution in [3.8, 4) is 6.07 Å². The maximum absolute atomic E-state index is 12.1. The summed E-state index contributed by atoms with van der Waals surface area (Å²) in [5.74, 6) is 0.668. The Morgan fingerprint density at radius 3 is 2.55 bits per heavy atom. The number of nitrogens with zero attached hydrogens (tertiary/aromatic N) is 5. The predicted molar refractivity (Wildman–Crippen MR) is 146 cm³/mol. The van der Waals surface area contributed by atoms with Crippen molar-refractivity contribution in [1.82, 2.24) is 19.5 Å². The van der Waals surface area contributed by atoms with E-state index >= 15 is 0 Å². The Morgan fingerprint density at radius 1 is 1.21 bits per heavy atom. The van der Waals surface area contributed by atoms with E-state index in [4.69, 9.17) is 38.9 Å². The van der Waals surface area contributed by atoms with Crippen molar-refractivity contribution in [2.75, 3.05) is 10.6 Å². The van der Waals surface area contributed by atoms with Gasteiger partial charge in [-0.3, -0.25) is 9.36 Å². The van der Waals surface area contributed by atoms with Crippen molar-refractivity contribution < 1.29 is 9.90 Å². The number of hydrogen-bond acceptors (Lipinski definition) is 8. The lowest BCUT2D eigenvalue weighted by Crippen LogP contribution is -2.38. The maximum Gasteiger partial charge on any atom is 0.224 e. The lowest BCUT2D eigenvalue weighted by atomic mass is 9.73. The molecule has 10 nitrogen and oxygen atoms in total. The van der Waals surface area contributed by atoms with E-state index in [0.29, 0.717) is 76.5 Å². The molecule has 38 heavy (non-hydrogen) atoms. The van der Waals surface area contributed by atoms with Gasteiger partial charge < -0.3 is 21.5 Å². The first kappa shape index (κ1) is 26.5. The molecular weight excluding hydrogens is 527 g/mol. The highest BCUT2D eigenvalue weighted by Gasteiger charge is 2.38. The van der Waals surface area contributed by atoms with Gasteiger partial charge in [-0.1, -0.05) is 30.1 Å². The predicted octanol–water partition coefficient (Wildman–Crippen LogP) is 5.07. The highest BCUT2D eigenvalue weighted by atomic mass is 35.5. The van der Waals surface area contributed by atoms with Crippen LogP contribution in [0.5, 0.6) is 0 Å². The quantitative estimate of drug-likeness (QED) is 0.328. The third-order valence-electron chi connectivity index (χ3n) is 7.84. The number of halogens is 2. The van der Waals surface area contributed by atoms with Crippen LogP contribution in [0.1, 0.15) is 69.9 Å². The number of fused-ring (bicyclic) bond motifs is 1. The number of nitriles is 1. The normalized spacial score (nSPS) is 25.6. The van der Waals surface area contributed by atoms with Gasteiger partial charge in [0, 0.05) is 17.5 Å². The molecule has 12 heteroatoms. The fourth-order valence-corrected chi connectivity index (χ4v) is 6.07. The summed E-state index contributed by atoms with van der Waals surface area (Å²) in [5.41, 5.74) is 7.15. The summed E-state index contributed by atoms with van der Waals surface area (Å²) in [6.45, 7) is 1.91. The third kappa shape index (κ3) is 5.23. The zero-order chi connectivity index (χ0) is 27.0. The zero-order valence-corrected chi connectivity index (χ0v) is 22.6. The highest BCUT2D eigenvalue weighted by molar-refractivity contribution is 6.39. The van der Waals surface area contributed by atoms with E-state index in [-0.39, 0.29) is 24.1 Å². The Kier molecular flexibility index (Phi) is 7.36. The van der Waals surface area contributed by atoms with E-state index in [1.54, 1.807) is 18.3 Å². The standard InChI is InChI=1S/C26H30Cl2N8O2/c1-26(23(30)38)7-5-16(6-8-26)36-22-20(13-31-24(35-22)32-15-3-2-4-17(37)11-15)33-25(36)34-21-18(27)9-14(12-29)10-19(21)28/h9-10,13,15-17,37H,2-8,11H2,1H3,(H2,30,38)(H,33,34)(H,31,32,35)/t15-,16-,17+,26-/m1/s1. The number of aliphatic hydroxyl groups is 1. The van der Waals surface area contributed by atoms with Crippen LogP contribution in [0.2, 0.25) is 10.0 Å². The number of primary amides is 1. The van der Waals surface area contributed by atoms with Gasteiger partial charge in [-0.15, -0.1) is 0 Å². The van der Waals surface area contributed by atoms with Crippen molar-refractivity contribution in [3.05, 3.63) is 33.9 Å². The number of rotatable bonds is 6. The molecule has 200 valence electrons. The van der Waals surface area contributed by atoms with E-state index in [1.807, 2.05) is 17.6 Å². The molecule has 0 radical (unpaired) electrons. The first-order chi connectivity index (χ1) is 18.2. The molecular formula is C26H30Cl2N8O2.